The van der Waals surface area contributed by atoms with Gasteiger partial charge in [0.1, 0.15) is 11.6 Å². The molecule has 1 amide bonds. The Bertz CT molecular complexity index is 893. The van der Waals surface area contributed by atoms with Gasteiger partial charge in [-0.2, -0.15) is 0 Å². The van der Waals surface area contributed by atoms with E-state index in [9.17, 15) is 4.79 Å². The number of likely N-dealkylation sites (tertiary alicyclic amines) is 1. The lowest BCUT2D eigenvalue weighted by Gasteiger charge is -2.32. The van der Waals surface area contributed by atoms with Gasteiger partial charge in [0.2, 0.25) is 0 Å². The second kappa shape index (κ2) is 7.95. The van der Waals surface area contributed by atoms with E-state index in [1.165, 1.54) is 0 Å². The second-order valence-electron chi connectivity index (χ2n) is 6.60. The molecule has 1 saturated heterocycles. The predicted octanol–water partition coefficient (Wildman–Crippen LogP) is 3.64. The Morgan fingerprint density at radius 3 is 2.52 bits per heavy atom. The number of carbonyl (C=O) groups excluding carboxylic acids is 1. The number of hydrogen-bond acceptors (Lipinski definition) is 5. The summed E-state index contributed by atoms with van der Waals surface area (Å²) in [4.78, 5) is 27.5. The number of benzene rings is 1. The number of nitrogens with zero attached hydrogens (tertiary/aromatic N) is 4. The standard InChI is InChI=1S/C21H21N5O/c27-21(17-5-2-1-3-6-17)26-13-9-16(10-14-26)18-7-4-8-19(24-18)25-20-15-22-11-12-23-20/h1-8,11-12,15-16H,9-10,13-14H2,(H,23,24,25). The molecule has 3 heterocycles. The highest BCUT2D eigenvalue weighted by atomic mass is 16.2. The fraction of sp³-hybridized carbons (Fsp3) is 0.238. The zero-order valence-corrected chi connectivity index (χ0v) is 15.0. The summed E-state index contributed by atoms with van der Waals surface area (Å²) in [5, 5.41) is 3.18. The Hall–Kier alpha value is -3.28. The quantitative estimate of drug-likeness (QED) is 0.770. The third-order valence-corrected chi connectivity index (χ3v) is 4.81. The predicted molar refractivity (Wildman–Crippen MR) is 104 cm³/mol. The molecule has 0 atom stereocenters. The van der Waals surface area contributed by atoms with Crippen molar-refractivity contribution in [2.45, 2.75) is 18.8 Å². The van der Waals surface area contributed by atoms with E-state index in [1.54, 1.807) is 18.6 Å². The number of hydrogen-bond donors (Lipinski definition) is 1. The van der Waals surface area contributed by atoms with Crippen molar-refractivity contribution in [3.8, 4) is 0 Å². The van der Waals surface area contributed by atoms with Gasteiger partial charge in [-0.15, -0.1) is 0 Å². The molecule has 1 fully saturated rings. The maximum absolute atomic E-state index is 12.6. The van der Waals surface area contributed by atoms with Crippen LogP contribution in [0.25, 0.3) is 0 Å². The Morgan fingerprint density at radius 1 is 0.963 bits per heavy atom. The third-order valence-electron chi connectivity index (χ3n) is 4.81. The van der Waals surface area contributed by atoms with Crippen LogP contribution in [0.4, 0.5) is 11.6 Å². The zero-order valence-electron chi connectivity index (χ0n) is 15.0. The van der Waals surface area contributed by atoms with Crippen LogP contribution in [0.3, 0.4) is 0 Å². The molecule has 1 aliphatic heterocycles. The first-order valence-electron chi connectivity index (χ1n) is 9.14. The molecule has 0 unspecified atom stereocenters. The zero-order chi connectivity index (χ0) is 18.5. The van der Waals surface area contributed by atoms with E-state index in [4.69, 9.17) is 4.98 Å². The van der Waals surface area contributed by atoms with Crippen molar-refractivity contribution in [3.05, 3.63) is 78.4 Å². The summed E-state index contributed by atoms with van der Waals surface area (Å²) in [5.74, 6) is 1.90. The van der Waals surface area contributed by atoms with Gasteiger partial charge in [-0.1, -0.05) is 24.3 Å². The number of anilines is 2. The van der Waals surface area contributed by atoms with E-state index in [0.717, 1.165) is 43.0 Å². The van der Waals surface area contributed by atoms with Crippen molar-refractivity contribution >= 4 is 17.5 Å². The summed E-state index contributed by atoms with van der Waals surface area (Å²) in [5.41, 5.74) is 1.81. The SMILES string of the molecule is O=C(c1ccccc1)N1CCC(c2cccc(Nc3cnccn3)n2)CC1. The van der Waals surface area contributed by atoms with Gasteiger partial charge in [0.25, 0.3) is 5.91 Å². The van der Waals surface area contributed by atoms with Crippen molar-refractivity contribution in [1.29, 1.82) is 0 Å². The lowest BCUT2D eigenvalue weighted by Crippen LogP contribution is -2.38. The molecule has 0 saturated carbocycles. The first-order valence-corrected chi connectivity index (χ1v) is 9.14. The van der Waals surface area contributed by atoms with E-state index in [1.807, 2.05) is 47.4 Å². The maximum Gasteiger partial charge on any atom is 0.253 e. The smallest absolute Gasteiger partial charge is 0.253 e. The first kappa shape index (κ1) is 17.1. The summed E-state index contributed by atoms with van der Waals surface area (Å²) in [6.07, 6.45) is 6.79. The molecule has 4 rings (SSSR count). The molecule has 6 heteroatoms. The van der Waals surface area contributed by atoms with Crippen LogP contribution in [0.5, 0.6) is 0 Å². The number of amides is 1. The summed E-state index contributed by atoms with van der Waals surface area (Å²) in [6, 6.07) is 15.5. The molecule has 6 nitrogen and oxygen atoms in total. The minimum atomic E-state index is 0.111. The van der Waals surface area contributed by atoms with Gasteiger partial charge in [0.15, 0.2) is 0 Å². The molecule has 1 aromatic carbocycles. The highest BCUT2D eigenvalue weighted by Crippen LogP contribution is 2.28. The van der Waals surface area contributed by atoms with Crippen LogP contribution >= 0.6 is 0 Å². The van der Waals surface area contributed by atoms with Crippen molar-refractivity contribution in [2.24, 2.45) is 0 Å². The molecular formula is C21H21N5O. The van der Waals surface area contributed by atoms with Gasteiger partial charge in [-0.3, -0.25) is 9.78 Å². The number of carbonyl (C=O) groups is 1. The molecule has 0 spiro atoms. The van der Waals surface area contributed by atoms with E-state index in [0.29, 0.717) is 11.7 Å². The van der Waals surface area contributed by atoms with E-state index in [2.05, 4.69) is 21.4 Å². The molecular weight excluding hydrogens is 338 g/mol. The normalized spacial score (nSPS) is 14.7. The van der Waals surface area contributed by atoms with Crippen LogP contribution in [-0.2, 0) is 0 Å². The van der Waals surface area contributed by atoms with E-state index < -0.39 is 0 Å². The van der Waals surface area contributed by atoms with E-state index >= 15 is 0 Å². The van der Waals surface area contributed by atoms with Gasteiger partial charge < -0.3 is 10.2 Å². The van der Waals surface area contributed by atoms with Crippen molar-refractivity contribution < 1.29 is 4.79 Å². The summed E-state index contributed by atoms with van der Waals surface area (Å²) >= 11 is 0. The third kappa shape index (κ3) is 4.11. The van der Waals surface area contributed by atoms with Gasteiger partial charge in [0, 0.05) is 42.7 Å². The molecule has 0 bridgehead atoms. The Kier molecular flexibility index (Phi) is 5.05. The molecule has 2 aromatic heterocycles. The monoisotopic (exact) mass is 359 g/mol. The first-order chi connectivity index (χ1) is 13.3. The number of aromatic nitrogens is 3. The number of piperidine rings is 1. The summed E-state index contributed by atoms with van der Waals surface area (Å²) in [6.45, 7) is 1.50. The number of rotatable bonds is 4. The van der Waals surface area contributed by atoms with Crippen molar-refractivity contribution in [1.82, 2.24) is 19.9 Å². The Labute approximate surface area is 158 Å². The van der Waals surface area contributed by atoms with Gasteiger partial charge in [0.05, 0.1) is 6.20 Å². The van der Waals surface area contributed by atoms with Gasteiger partial charge in [-0.05, 0) is 37.1 Å². The average molecular weight is 359 g/mol. The highest BCUT2D eigenvalue weighted by molar-refractivity contribution is 5.94. The molecule has 1 N–H and O–H groups in total. The highest BCUT2D eigenvalue weighted by Gasteiger charge is 2.25. The molecule has 136 valence electrons. The Morgan fingerprint density at radius 2 is 1.78 bits per heavy atom. The summed E-state index contributed by atoms with van der Waals surface area (Å²) < 4.78 is 0. The molecule has 27 heavy (non-hydrogen) atoms. The van der Waals surface area contributed by atoms with Crippen molar-refractivity contribution in [2.75, 3.05) is 18.4 Å². The summed E-state index contributed by atoms with van der Waals surface area (Å²) in [7, 11) is 0. The minimum absolute atomic E-state index is 0.111. The average Bonchev–Trinajstić information content (AvgIpc) is 2.75. The fourth-order valence-corrected chi connectivity index (χ4v) is 3.38. The van der Waals surface area contributed by atoms with Crippen LogP contribution in [0, 0.1) is 0 Å². The molecule has 0 radical (unpaired) electrons. The largest absolute Gasteiger partial charge is 0.339 e. The fourth-order valence-electron chi connectivity index (χ4n) is 3.38. The molecule has 3 aromatic rings. The second-order valence-corrected chi connectivity index (χ2v) is 6.60. The van der Waals surface area contributed by atoms with Crippen LogP contribution < -0.4 is 5.32 Å². The number of nitrogens with one attached hydrogen (secondary N) is 1. The van der Waals surface area contributed by atoms with Crippen LogP contribution in [0.2, 0.25) is 0 Å². The van der Waals surface area contributed by atoms with Gasteiger partial charge >= 0.3 is 0 Å². The van der Waals surface area contributed by atoms with Crippen LogP contribution in [-0.4, -0.2) is 38.8 Å². The lowest BCUT2D eigenvalue weighted by atomic mass is 9.92. The minimum Gasteiger partial charge on any atom is -0.339 e. The number of pyridine rings is 1. The van der Waals surface area contributed by atoms with Crippen LogP contribution in [0.1, 0.15) is 34.8 Å². The maximum atomic E-state index is 12.6. The molecule has 0 aliphatic carbocycles. The Balaban J connectivity index is 1.40. The van der Waals surface area contributed by atoms with Crippen molar-refractivity contribution in [3.63, 3.8) is 0 Å². The topological polar surface area (TPSA) is 71.0 Å². The van der Waals surface area contributed by atoms with E-state index in [-0.39, 0.29) is 5.91 Å². The molecule has 1 aliphatic rings. The van der Waals surface area contributed by atoms with Crippen LogP contribution in [0.15, 0.2) is 67.1 Å². The van der Waals surface area contributed by atoms with Gasteiger partial charge in [-0.25, -0.2) is 9.97 Å². The lowest BCUT2D eigenvalue weighted by molar-refractivity contribution is 0.0712.